The SMILES string of the molecule is C[C@@H](CO)NC(=O)C1CC=CC1. The standard InChI is InChI=1S/C9H15NO2/c1-7(6-11)10-9(12)8-4-2-3-5-8/h2-3,7-8,11H,4-6H2,1H3,(H,10,12)/t7-/m0/s1. The highest BCUT2D eigenvalue weighted by Crippen LogP contribution is 2.17. The number of nitrogens with one attached hydrogen (secondary N) is 1. The minimum atomic E-state index is -0.127. The van der Waals surface area contributed by atoms with Gasteiger partial charge in [-0.25, -0.2) is 0 Å². The Morgan fingerprint density at radius 2 is 2.25 bits per heavy atom. The van der Waals surface area contributed by atoms with E-state index in [0.717, 1.165) is 12.8 Å². The molecule has 0 saturated heterocycles. The minimum Gasteiger partial charge on any atom is -0.394 e. The van der Waals surface area contributed by atoms with Gasteiger partial charge in [-0.15, -0.1) is 0 Å². The summed E-state index contributed by atoms with van der Waals surface area (Å²) in [7, 11) is 0. The average molecular weight is 169 g/mol. The summed E-state index contributed by atoms with van der Waals surface area (Å²) in [6, 6.07) is -0.127. The Balaban J connectivity index is 2.28. The molecule has 0 heterocycles. The number of hydrogen-bond acceptors (Lipinski definition) is 2. The predicted octanol–water partition coefficient (Wildman–Crippen LogP) is 0.450. The molecule has 0 fully saturated rings. The van der Waals surface area contributed by atoms with Crippen LogP contribution in [-0.2, 0) is 4.79 Å². The Morgan fingerprint density at radius 3 is 2.75 bits per heavy atom. The van der Waals surface area contributed by atoms with E-state index in [1.165, 1.54) is 0 Å². The molecule has 0 aromatic heterocycles. The summed E-state index contributed by atoms with van der Waals surface area (Å²) >= 11 is 0. The molecule has 3 nitrogen and oxygen atoms in total. The molecule has 1 atom stereocenters. The van der Waals surface area contributed by atoms with Gasteiger partial charge in [0.1, 0.15) is 0 Å². The summed E-state index contributed by atoms with van der Waals surface area (Å²) in [6.07, 6.45) is 5.72. The number of aliphatic hydroxyl groups is 1. The van der Waals surface area contributed by atoms with E-state index in [-0.39, 0.29) is 24.5 Å². The molecule has 0 spiro atoms. The van der Waals surface area contributed by atoms with E-state index in [1.807, 2.05) is 12.2 Å². The Hall–Kier alpha value is -0.830. The molecule has 0 unspecified atom stereocenters. The summed E-state index contributed by atoms with van der Waals surface area (Å²) in [5.74, 6) is 0.153. The average Bonchev–Trinajstić information content (AvgIpc) is 2.56. The van der Waals surface area contributed by atoms with Crippen molar-refractivity contribution < 1.29 is 9.90 Å². The second kappa shape index (κ2) is 4.26. The lowest BCUT2D eigenvalue weighted by Crippen LogP contribution is -2.38. The summed E-state index contributed by atoms with van der Waals surface area (Å²) in [5, 5.41) is 11.4. The van der Waals surface area contributed by atoms with Crippen molar-refractivity contribution in [2.24, 2.45) is 5.92 Å². The lowest BCUT2D eigenvalue weighted by Gasteiger charge is -2.14. The smallest absolute Gasteiger partial charge is 0.224 e. The van der Waals surface area contributed by atoms with Crippen LogP contribution in [0.3, 0.4) is 0 Å². The van der Waals surface area contributed by atoms with Crippen LogP contribution >= 0.6 is 0 Å². The highest BCUT2D eigenvalue weighted by atomic mass is 16.3. The summed E-state index contributed by atoms with van der Waals surface area (Å²) in [6.45, 7) is 1.80. The lowest BCUT2D eigenvalue weighted by molar-refractivity contribution is -0.125. The van der Waals surface area contributed by atoms with Crippen LogP contribution in [0.15, 0.2) is 12.2 Å². The van der Waals surface area contributed by atoms with Gasteiger partial charge >= 0.3 is 0 Å². The van der Waals surface area contributed by atoms with E-state index < -0.39 is 0 Å². The predicted molar refractivity (Wildman–Crippen MR) is 46.6 cm³/mol. The Bertz CT molecular complexity index is 181. The van der Waals surface area contributed by atoms with E-state index in [2.05, 4.69) is 5.32 Å². The molecule has 2 N–H and O–H groups in total. The zero-order valence-corrected chi connectivity index (χ0v) is 7.29. The summed E-state index contributed by atoms with van der Waals surface area (Å²) in [4.78, 5) is 11.4. The molecule has 0 saturated carbocycles. The molecule has 12 heavy (non-hydrogen) atoms. The van der Waals surface area contributed by atoms with Crippen molar-refractivity contribution in [3.8, 4) is 0 Å². The van der Waals surface area contributed by atoms with Crippen LogP contribution in [0.5, 0.6) is 0 Å². The first-order chi connectivity index (χ1) is 5.74. The Labute approximate surface area is 72.5 Å². The van der Waals surface area contributed by atoms with Gasteiger partial charge in [-0.05, 0) is 19.8 Å². The van der Waals surface area contributed by atoms with Gasteiger partial charge in [0, 0.05) is 12.0 Å². The fourth-order valence-corrected chi connectivity index (χ4v) is 1.24. The van der Waals surface area contributed by atoms with Crippen molar-refractivity contribution in [1.82, 2.24) is 5.32 Å². The molecule has 1 aliphatic rings. The van der Waals surface area contributed by atoms with E-state index in [4.69, 9.17) is 5.11 Å². The number of allylic oxidation sites excluding steroid dienone is 2. The number of carbonyl (C=O) groups excluding carboxylic acids is 1. The first kappa shape index (κ1) is 9.26. The molecule has 0 aliphatic heterocycles. The highest BCUT2D eigenvalue weighted by molar-refractivity contribution is 5.79. The van der Waals surface area contributed by atoms with Crippen molar-refractivity contribution in [1.29, 1.82) is 0 Å². The van der Waals surface area contributed by atoms with Crippen molar-refractivity contribution in [2.75, 3.05) is 6.61 Å². The quantitative estimate of drug-likeness (QED) is 0.603. The molecule has 0 radical (unpaired) electrons. The van der Waals surface area contributed by atoms with Crippen molar-refractivity contribution in [2.45, 2.75) is 25.8 Å². The molecule has 1 amide bonds. The fourth-order valence-electron chi connectivity index (χ4n) is 1.24. The fraction of sp³-hybridized carbons (Fsp3) is 0.667. The van der Waals surface area contributed by atoms with E-state index in [1.54, 1.807) is 6.92 Å². The lowest BCUT2D eigenvalue weighted by atomic mass is 10.1. The van der Waals surface area contributed by atoms with E-state index in [9.17, 15) is 4.79 Å². The summed E-state index contributed by atoms with van der Waals surface area (Å²) < 4.78 is 0. The van der Waals surface area contributed by atoms with Gasteiger partial charge in [-0.3, -0.25) is 4.79 Å². The maximum absolute atomic E-state index is 11.4. The van der Waals surface area contributed by atoms with Crippen LogP contribution in [0.2, 0.25) is 0 Å². The molecular weight excluding hydrogens is 154 g/mol. The first-order valence-corrected chi connectivity index (χ1v) is 4.30. The van der Waals surface area contributed by atoms with Gasteiger partial charge in [0.05, 0.1) is 6.61 Å². The highest BCUT2D eigenvalue weighted by Gasteiger charge is 2.19. The largest absolute Gasteiger partial charge is 0.394 e. The zero-order chi connectivity index (χ0) is 8.97. The molecule has 1 rings (SSSR count). The number of rotatable bonds is 3. The molecule has 0 aromatic rings. The third-order valence-corrected chi connectivity index (χ3v) is 2.04. The van der Waals surface area contributed by atoms with Crippen LogP contribution in [0, 0.1) is 5.92 Å². The van der Waals surface area contributed by atoms with Crippen LogP contribution in [0.25, 0.3) is 0 Å². The first-order valence-electron chi connectivity index (χ1n) is 4.30. The Morgan fingerprint density at radius 1 is 1.67 bits per heavy atom. The number of aliphatic hydroxyl groups excluding tert-OH is 1. The van der Waals surface area contributed by atoms with Crippen LogP contribution < -0.4 is 5.32 Å². The molecule has 0 bridgehead atoms. The van der Waals surface area contributed by atoms with Gasteiger partial charge in [0.2, 0.25) is 5.91 Å². The van der Waals surface area contributed by atoms with E-state index in [0.29, 0.717) is 0 Å². The van der Waals surface area contributed by atoms with Gasteiger partial charge in [-0.1, -0.05) is 12.2 Å². The second-order valence-corrected chi connectivity index (χ2v) is 3.23. The monoisotopic (exact) mass is 169 g/mol. The molecular formula is C9H15NO2. The van der Waals surface area contributed by atoms with E-state index >= 15 is 0 Å². The maximum Gasteiger partial charge on any atom is 0.224 e. The van der Waals surface area contributed by atoms with Gasteiger partial charge < -0.3 is 10.4 Å². The minimum absolute atomic E-state index is 0.00584. The van der Waals surface area contributed by atoms with Crippen molar-refractivity contribution in [3.63, 3.8) is 0 Å². The normalized spacial score (nSPS) is 19.5. The van der Waals surface area contributed by atoms with Crippen molar-refractivity contribution in [3.05, 3.63) is 12.2 Å². The zero-order valence-electron chi connectivity index (χ0n) is 7.29. The van der Waals surface area contributed by atoms with Crippen LogP contribution in [-0.4, -0.2) is 23.7 Å². The third-order valence-electron chi connectivity index (χ3n) is 2.04. The van der Waals surface area contributed by atoms with Crippen LogP contribution in [0.4, 0.5) is 0 Å². The summed E-state index contributed by atoms with van der Waals surface area (Å²) in [5.41, 5.74) is 0. The van der Waals surface area contributed by atoms with Crippen LogP contribution in [0.1, 0.15) is 19.8 Å². The third kappa shape index (κ3) is 2.34. The molecule has 3 heteroatoms. The molecule has 0 aromatic carbocycles. The number of hydrogen-bond donors (Lipinski definition) is 2. The van der Waals surface area contributed by atoms with Crippen molar-refractivity contribution >= 4 is 5.91 Å². The van der Waals surface area contributed by atoms with Gasteiger partial charge in [0.25, 0.3) is 0 Å². The topological polar surface area (TPSA) is 49.3 Å². The van der Waals surface area contributed by atoms with Gasteiger partial charge in [-0.2, -0.15) is 0 Å². The molecule has 1 aliphatic carbocycles. The second-order valence-electron chi connectivity index (χ2n) is 3.23. The number of amides is 1. The van der Waals surface area contributed by atoms with Gasteiger partial charge in [0.15, 0.2) is 0 Å². The number of carbonyl (C=O) groups is 1. The Kier molecular flexibility index (Phi) is 3.29. The maximum atomic E-state index is 11.4. The molecule has 68 valence electrons.